The monoisotopic (exact) mass is 280 g/mol. The first kappa shape index (κ1) is 14.6. The quantitative estimate of drug-likeness (QED) is 0.915. The second kappa shape index (κ2) is 7.11. The molecular formula is C17H16N2O2. The Morgan fingerprint density at radius 1 is 1.19 bits per heavy atom. The van der Waals surface area contributed by atoms with Crippen molar-refractivity contribution in [1.29, 1.82) is 5.26 Å². The van der Waals surface area contributed by atoms with Gasteiger partial charge in [-0.3, -0.25) is 4.79 Å². The minimum atomic E-state index is -0.119. The van der Waals surface area contributed by atoms with Crippen LogP contribution in [-0.4, -0.2) is 12.5 Å². The normalized spacial score (nSPS) is 9.71. The number of hydrogen-bond donors (Lipinski definition) is 1. The maximum atomic E-state index is 12.1. The summed E-state index contributed by atoms with van der Waals surface area (Å²) in [6.07, 6.45) is 0.298. The van der Waals surface area contributed by atoms with E-state index < -0.39 is 0 Å². The maximum absolute atomic E-state index is 12.1. The molecule has 2 aromatic carbocycles. The summed E-state index contributed by atoms with van der Waals surface area (Å²) in [4.78, 5) is 12.1. The second-order valence-electron chi connectivity index (χ2n) is 4.65. The third kappa shape index (κ3) is 4.36. The smallest absolute Gasteiger partial charge is 0.228 e. The molecule has 0 aromatic heterocycles. The average Bonchev–Trinajstić information content (AvgIpc) is 2.49. The van der Waals surface area contributed by atoms with Crippen molar-refractivity contribution in [3.8, 4) is 11.8 Å². The molecule has 0 bridgehead atoms. The third-order valence-electron chi connectivity index (χ3n) is 2.94. The zero-order valence-corrected chi connectivity index (χ0v) is 11.8. The Morgan fingerprint density at radius 3 is 2.62 bits per heavy atom. The Bertz CT molecular complexity index is 657. The lowest BCUT2D eigenvalue weighted by Crippen LogP contribution is -2.15. The van der Waals surface area contributed by atoms with Crippen LogP contribution in [0.5, 0.6) is 5.75 Å². The van der Waals surface area contributed by atoms with E-state index >= 15 is 0 Å². The lowest BCUT2D eigenvalue weighted by molar-refractivity contribution is -0.115. The summed E-state index contributed by atoms with van der Waals surface area (Å²) in [7, 11) is 0. The van der Waals surface area contributed by atoms with Gasteiger partial charge in [-0.1, -0.05) is 42.0 Å². The van der Waals surface area contributed by atoms with Crippen molar-refractivity contribution >= 4 is 11.6 Å². The molecule has 0 fully saturated rings. The zero-order chi connectivity index (χ0) is 15.1. The van der Waals surface area contributed by atoms with E-state index in [4.69, 9.17) is 10.00 Å². The Kier molecular flexibility index (Phi) is 4.94. The number of benzene rings is 2. The van der Waals surface area contributed by atoms with Crippen molar-refractivity contribution in [1.82, 2.24) is 0 Å². The van der Waals surface area contributed by atoms with Crippen LogP contribution in [0.4, 0.5) is 5.69 Å². The summed E-state index contributed by atoms with van der Waals surface area (Å²) < 4.78 is 5.28. The molecule has 21 heavy (non-hydrogen) atoms. The van der Waals surface area contributed by atoms with E-state index in [1.807, 2.05) is 37.3 Å². The van der Waals surface area contributed by atoms with Crippen LogP contribution in [-0.2, 0) is 11.2 Å². The minimum Gasteiger partial charge on any atom is -0.477 e. The number of nitrogens with one attached hydrogen (secondary N) is 1. The number of nitriles is 1. The number of carbonyl (C=O) groups is 1. The molecule has 0 aliphatic carbocycles. The molecule has 2 rings (SSSR count). The van der Waals surface area contributed by atoms with Gasteiger partial charge in [-0.05, 0) is 24.6 Å². The van der Waals surface area contributed by atoms with Crippen LogP contribution < -0.4 is 10.1 Å². The van der Waals surface area contributed by atoms with Crippen molar-refractivity contribution in [3.63, 3.8) is 0 Å². The van der Waals surface area contributed by atoms with Crippen LogP contribution in [0.25, 0.3) is 0 Å². The number of rotatable bonds is 5. The Labute approximate surface area is 124 Å². The molecule has 0 spiro atoms. The first-order valence-electron chi connectivity index (χ1n) is 6.63. The molecule has 1 N–H and O–H groups in total. The van der Waals surface area contributed by atoms with Gasteiger partial charge in [0, 0.05) is 0 Å². The highest BCUT2D eigenvalue weighted by molar-refractivity contribution is 5.93. The molecule has 4 heteroatoms. The van der Waals surface area contributed by atoms with E-state index in [0.717, 1.165) is 11.1 Å². The summed E-state index contributed by atoms with van der Waals surface area (Å²) in [6, 6.07) is 16.8. The molecule has 0 saturated heterocycles. The first-order chi connectivity index (χ1) is 10.2. The molecule has 4 nitrogen and oxygen atoms in total. The lowest BCUT2D eigenvalue weighted by atomic mass is 10.1. The summed E-state index contributed by atoms with van der Waals surface area (Å²) in [5.74, 6) is 0.378. The van der Waals surface area contributed by atoms with Gasteiger partial charge in [0.15, 0.2) is 6.61 Å². The van der Waals surface area contributed by atoms with Crippen molar-refractivity contribution in [2.75, 3.05) is 11.9 Å². The highest BCUT2D eigenvalue weighted by Gasteiger charge is 2.08. The molecule has 0 radical (unpaired) electrons. The van der Waals surface area contributed by atoms with E-state index in [9.17, 15) is 4.79 Å². The van der Waals surface area contributed by atoms with Gasteiger partial charge in [-0.15, -0.1) is 0 Å². The van der Waals surface area contributed by atoms with Gasteiger partial charge in [0.2, 0.25) is 5.91 Å². The van der Waals surface area contributed by atoms with Gasteiger partial charge >= 0.3 is 0 Å². The van der Waals surface area contributed by atoms with E-state index in [-0.39, 0.29) is 12.5 Å². The van der Waals surface area contributed by atoms with Gasteiger partial charge < -0.3 is 10.1 Å². The number of aryl methyl sites for hydroxylation is 1. The summed E-state index contributed by atoms with van der Waals surface area (Å²) in [5, 5.41) is 11.4. The minimum absolute atomic E-state index is 0.0507. The van der Waals surface area contributed by atoms with Gasteiger partial charge in [0.25, 0.3) is 0 Å². The summed E-state index contributed by atoms with van der Waals surface area (Å²) in [5.41, 5.74) is 2.69. The summed E-state index contributed by atoms with van der Waals surface area (Å²) >= 11 is 0. The molecule has 0 aliphatic heterocycles. The van der Waals surface area contributed by atoms with Gasteiger partial charge in [0.1, 0.15) is 11.8 Å². The molecule has 0 heterocycles. The van der Waals surface area contributed by atoms with Crippen LogP contribution in [0, 0.1) is 18.3 Å². The Balaban J connectivity index is 2.02. The first-order valence-corrected chi connectivity index (χ1v) is 6.63. The van der Waals surface area contributed by atoms with Crippen LogP contribution in [0.1, 0.15) is 11.1 Å². The number of ether oxygens (including phenoxy) is 1. The molecule has 106 valence electrons. The van der Waals surface area contributed by atoms with Crippen molar-refractivity contribution in [2.45, 2.75) is 13.3 Å². The maximum Gasteiger partial charge on any atom is 0.228 e. The van der Waals surface area contributed by atoms with Crippen LogP contribution in [0.2, 0.25) is 0 Å². The number of para-hydroxylation sites is 2. The third-order valence-corrected chi connectivity index (χ3v) is 2.94. The number of carbonyl (C=O) groups excluding carboxylic acids is 1. The summed E-state index contributed by atoms with van der Waals surface area (Å²) in [6.45, 7) is 1.96. The fourth-order valence-electron chi connectivity index (χ4n) is 1.89. The topological polar surface area (TPSA) is 62.1 Å². The second-order valence-corrected chi connectivity index (χ2v) is 4.65. The SMILES string of the molecule is Cc1ccc(CC(=O)Nc2ccccc2OCC#N)cc1. The van der Waals surface area contributed by atoms with Gasteiger partial charge in [-0.25, -0.2) is 0 Å². The lowest BCUT2D eigenvalue weighted by Gasteiger charge is -2.10. The molecule has 0 aliphatic rings. The molecule has 0 unspecified atom stereocenters. The largest absolute Gasteiger partial charge is 0.477 e. The van der Waals surface area contributed by atoms with Crippen molar-refractivity contribution in [2.24, 2.45) is 0 Å². The van der Waals surface area contributed by atoms with E-state index in [0.29, 0.717) is 17.9 Å². The van der Waals surface area contributed by atoms with Crippen molar-refractivity contribution in [3.05, 3.63) is 59.7 Å². The fraction of sp³-hybridized carbons (Fsp3) is 0.176. The molecule has 0 atom stereocenters. The standard InChI is InChI=1S/C17H16N2O2/c1-13-6-8-14(9-7-13)12-17(20)19-15-4-2-3-5-16(15)21-11-10-18/h2-9H,11-12H2,1H3,(H,19,20). The average molecular weight is 280 g/mol. The molecule has 1 amide bonds. The van der Waals surface area contributed by atoms with E-state index in [1.54, 1.807) is 24.3 Å². The number of nitrogens with zero attached hydrogens (tertiary/aromatic N) is 1. The van der Waals surface area contributed by atoms with E-state index in [1.165, 1.54) is 0 Å². The molecule has 0 saturated carbocycles. The highest BCUT2D eigenvalue weighted by Crippen LogP contribution is 2.23. The van der Waals surface area contributed by atoms with Crippen molar-refractivity contribution < 1.29 is 9.53 Å². The van der Waals surface area contributed by atoms with E-state index in [2.05, 4.69) is 5.32 Å². The van der Waals surface area contributed by atoms with Gasteiger partial charge in [-0.2, -0.15) is 5.26 Å². The van der Waals surface area contributed by atoms with Crippen LogP contribution >= 0.6 is 0 Å². The van der Waals surface area contributed by atoms with Gasteiger partial charge in [0.05, 0.1) is 12.1 Å². The molecule has 2 aromatic rings. The van der Waals surface area contributed by atoms with Crippen LogP contribution in [0.15, 0.2) is 48.5 Å². The van der Waals surface area contributed by atoms with Crippen LogP contribution in [0.3, 0.4) is 0 Å². The molecular weight excluding hydrogens is 264 g/mol. The predicted octanol–water partition coefficient (Wildman–Crippen LogP) is 3.08. The number of anilines is 1. The predicted molar refractivity (Wildman–Crippen MR) is 81.1 cm³/mol. The number of amides is 1. The fourth-order valence-corrected chi connectivity index (χ4v) is 1.89. The Hall–Kier alpha value is -2.80. The Morgan fingerprint density at radius 2 is 1.90 bits per heavy atom. The number of hydrogen-bond acceptors (Lipinski definition) is 3. The highest BCUT2D eigenvalue weighted by atomic mass is 16.5. The zero-order valence-electron chi connectivity index (χ0n) is 11.8.